The van der Waals surface area contributed by atoms with Crippen LogP contribution >= 0.6 is 11.3 Å². The number of alkyl halides is 3. The molecule has 0 bridgehead atoms. The van der Waals surface area contributed by atoms with Gasteiger partial charge in [0.1, 0.15) is 13.2 Å². The third kappa shape index (κ3) is 3.59. The van der Waals surface area contributed by atoms with E-state index in [4.69, 9.17) is 9.47 Å². The summed E-state index contributed by atoms with van der Waals surface area (Å²) in [5, 5.41) is 7.23. The topological polar surface area (TPSA) is 93.7 Å². The van der Waals surface area contributed by atoms with E-state index in [9.17, 15) is 22.8 Å². The van der Waals surface area contributed by atoms with E-state index in [0.717, 1.165) is 0 Å². The first-order chi connectivity index (χ1) is 13.3. The van der Waals surface area contributed by atoms with Crippen LogP contribution in [0.4, 0.5) is 24.0 Å². The van der Waals surface area contributed by atoms with Crippen molar-refractivity contribution in [1.82, 2.24) is 10.2 Å². The quantitative estimate of drug-likeness (QED) is 0.829. The minimum Gasteiger partial charge on any atom is -0.486 e. The fourth-order valence-electron chi connectivity index (χ4n) is 2.93. The lowest BCUT2D eigenvalue weighted by molar-refractivity contribution is -0.138. The van der Waals surface area contributed by atoms with Gasteiger partial charge in [0, 0.05) is 24.7 Å². The molecular formula is C16H13F3N4O4S. The predicted octanol–water partition coefficient (Wildman–Crippen LogP) is 2.32. The molecule has 2 aromatic rings. The highest BCUT2D eigenvalue weighted by atomic mass is 32.1. The van der Waals surface area contributed by atoms with E-state index in [1.807, 2.05) is 0 Å². The van der Waals surface area contributed by atoms with Gasteiger partial charge >= 0.3 is 6.18 Å². The zero-order valence-electron chi connectivity index (χ0n) is 14.2. The van der Waals surface area contributed by atoms with Crippen molar-refractivity contribution in [2.24, 2.45) is 5.92 Å². The molecule has 28 heavy (non-hydrogen) atoms. The highest BCUT2D eigenvalue weighted by Crippen LogP contribution is 2.36. The van der Waals surface area contributed by atoms with Crippen molar-refractivity contribution in [1.29, 1.82) is 0 Å². The molecule has 0 radical (unpaired) electrons. The average molecular weight is 414 g/mol. The summed E-state index contributed by atoms with van der Waals surface area (Å²) in [5.74, 6) is -0.493. The lowest BCUT2D eigenvalue weighted by atomic mass is 10.1. The number of carbonyl (C=O) groups excluding carboxylic acids is 2. The first-order valence-corrected chi connectivity index (χ1v) is 9.04. The molecule has 1 unspecified atom stereocenters. The Balaban J connectivity index is 1.44. The molecule has 1 fully saturated rings. The van der Waals surface area contributed by atoms with Gasteiger partial charge in [0.15, 0.2) is 11.5 Å². The number of halogens is 3. The van der Waals surface area contributed by atoms with Crippen LogP contribution in [0, 0.1) is 5.92 Å². The summed E-state index contributed by atoms with van der Waals surface area (Å²) in [6.45, 7) is 0.936. The van der Waals surface area contributed by atoms with Crippen LogP contribution in [-0.2, 0) is 15.8 Å². The number of hydrogen-bond acceptors (Lipinski definition) is 7. The van der Waals surface area contributed by atoms with Gasteiger partial charge < -0.3 is 19.7 Å². The number of ether oxygens (including phenoxy) is 2. The Kier molecular flexibility index (Phi) is 4.57. The van der Waals surface area contributed by atoms with E-state index >= 15 is 0 Å². The van der Waals surface area contributed by atoms with Gasteiger partial charge in [-0.15, -0.1) is 10.2 Å². The molecule has 2 amide bonds. The molecule has 1 atom stereocenters. The Morgan fingerprint density at radius 2 is 1.96 bits per heavy atom. The number of rotatable bonds is 3. The second-order valence-electron chi connectivity index (χ2n) is 6.13. The maximum atomic E-state index is 12.6. The van der Waals surface area contributed by atoms with Crippen molar-refractivity contribution in [3.8, 4) is 11.5 Å². The van der Waals surface area contributed by atoms with Crippen molar-refractivity contribution in [2.75, 3.05) is 30.0 Å². The van der Waals surface area contributed by atoms with Crippen molar-refractivity contribution < 1.29 is 32.2 Å². The SMILES string of the molecule is O=C(Nc1nnc(C(F)(F)F)s1)C1CC(=O)N(c2ccc3c(c2)OCCO3)C1. The van der Waals surface area contributed by atoms with E-state index in [0.29, 0.717) is 30.4 Å². The van der Waals surface area contributed by atoms with Crippen LogP contribution in [0.2, 0.25) is 0 Å². The van der Waals surface area contributed by atoms with Crippen LogP contribution in [0.1, 0.15) is 11.4 Å². The number of hydrogen-bond donors (Lipinski definition) is 1. The number of nitrogens with one attached hydrogen (secondary N) is 1. The fourth-order valence-corrected chi connectivity index (χ4v) is 3.54. The number of anilines is 2. The molecule has 3 heterocycles. The van der Waals surface area contributed by atoms with Gasteiger partial charge in [0.05, 0.1) is 5.92 Å². The maximum absolute atomic E-state index is 12.6. The number of aromatic nitrogens is 2. The van der Waals surface area contributed by atoms with Gasteiger partial charge in [-0.25, -0.2) is 0 Å². The smallest absolute Gasteiger partial charge is 0.445 e. The van der Waals surface area contributed by atoms with E-state index < -0.39 is 23.0 Å². The van der Waals surface area contributed by atoms with Crippen molar-refractivity contribution in [3.63, 3.8) is 0 Å². The van der Waals surface area contributed by atoms with Crippen LogP contribution in [0.3, 0.4) is 0 Å². The highest BCUT2D eigenvalue weighted by molar-refractivity contribution is 7.15. The number of benzene rings is 1. The first kappa shape index (κ1) is 18.5. The Labute approximate surface area is 160 Å². The largest absolute Gasteiger partial charge is 0.486 e. The van der Waals surface area contributed by atoms with Crippen molar-refractivity contribution >= 4 is 34.0 Å². The Bertz CT molecular complexity index is 933. The molecule has 8 nitrogen and oxygen atoms in total. The first-order valence-electron chi connectivity index (χ1n) is 8.23. The third-order valence-electron chi connectivity index (χ3n) is 4.23. The average Bonchev–Trinajstić information content (AvgIpc) is 3.28. The van der Waals surface area contributed by atoms with E-state index in [-0.39, 0.29) is 35.3 Å². The number of fused-ring (bicyclic) bond motifs is 1. The molecule has 0 aliphatic carbocycles. The van der Waals surface area contributed by atoms with E-state index in [2.05, 4.69) is 15.5 Å². The van der Waals surface area contributed by atoms with Crippen molar-refractivity contribution in [3.05, 3.63) is 23.2 Å². The molecule has 1 N–H and O–H groups in total. The van der Waals surface area contributed by atoms with Gasteiger partial charge in [0.25, 0.3) is 0 Å². The molecule has 12 heteroatoms. The Morgan fingerprint density at radius 3 is 2.68 bits per heavy atom. The molecule has 2 aliphatic rings. The second kappa shape index (κ2) is 6.93. The van der Waals surface area contributed by atoms with Gasteiger partial charge in [-0.2, -0.15) is 13.2 Å². The highest BCUT2D eigenvalue weighted by Gasteiger charge is 2.38. The van der Waals surface area contributed by atoms with Gasteiger partial charge in [-0.05, 0) is 12.1 Å². The number of nitrogens with zero attached hydrogens (tertiary/aromatic N) is 3. The number of amides is 2. The molecule has 2 aliphatic heterocycles. The summed E-state index contributed by atoms with van der Waals surface area (Å²) in [5.41, 5.74) is 0.555. The molecular weight excluding hydrogens is 401 g/mol. The standard InChI is InChI=1S/C16H13F3N4O4S/c17-16(18,19)14-21-22-15(28-14)20-13(25)8-5-12(24)23(7-8)9-1-2-10-11(6-9)27-4-3-26-10/h1-2,6,8H,3-5,7H2,(H,20,22,25). The fraction of sp³-hybridized carbons (Fsp3) is 0.375. The summed E-state index contributed by atoms with van der Waals surface area (Å²) >= 11 is 0.232. The van der Waals surface area contributed by atoms with Crippen LogP contribution in [0.5, 0.6) is 11.5 Å². The maximum Gasteiger partial charge on any atom is 0.445 e. The zero-order valence-corrected chi connectivity index (χ0v) is 15.0. The molecule has 1 aromatic carbocycles. The summed E-state index contributed by atoms with van der Waals surface area (Å²) in [4.78, 5) is 26.1. The lowest BCUT2D eigenvalue weighted by Gasteiger charge is -2.22. The normalized spacial score (nSPS) is 19.0. The van der Waals surface area contributed by atoms with E-state index in [1.165, 1.54) is 4.90 Å². The Morgan fingerprint density at radius 1 is 1.21 bits per heavy atom. The molecule has 1 saturated heterocycles. The van der Waals surface area contributed by atoms with Crippen molar-refractivity contribution in [2.45, 2.75) is 12.6 Å². The molecule has 1 aromatic heterocycles. The number of carbonyl (C=O) groups is 2. The monoisotopic (exact) mass is 414 g/mol. The van der Waals surface area contributed by atoms with Gasteiger partial charge in [-0.3, -0.25) is 9.59 Å². The van der Waals surface area contributed by atoms with Crippen LogP contribution < -0.4 is 19.7 Å². The summed E-state index contributed by atoms with van der Waals surface area (Å²) in [7, 11) is 0. The van der Waals surface area contributed by atoms with Gasteiger partial charge in [-0.1, -0.05) is 11.3 Å². The van der Waals surface area contributed by atoms with Crippen LogP contribution in [-0.4, -0.2) is 41.8 Å². The summed E-state index contributed by atoms with van der Waals surface area (Å²) in [6, 6.07) is 5.03. The zero-order chi connectivity index (χ0) is 19.9. The molecule has 0 saturated carbocycles. The third-order valence-corrected chi connectivity index (χ3v) is 5.11. The van der Waals surface area contributed by atoms with Crippen LogP contribution in [0.15, 0.2) is 18.2 Å². The van der Waals surface area contributed by atoms with E-state index in [1.54, 1.807) is 18.2 Å². The summed E-state index contributed by atoms with van der Waals surface area (Å²) in [6.07, 6.45) is -4.69. The van der Waals surface area contributed by atoms with Gasteiger partial charge in [0.2, 0.25) is 22.0 Å². The predicted molar refractivity (Wildman–Crippen MR) is 91.4 cm³/mol. The second-order valence-corrected chi connectivity index (χ2v) is 7.11. The molecule has 0 spiro atoms. The lowest BCUT2D eigenvalue weighted by Crippen LogP contribution is -2.28. The minimum atomic E-state index is -4.63. The van der Waals surface area contributed by atoms with Crippen LogP contribution in [0.25, 0.3) is 0 Å². The Hall–Kier alpha value is -2.89. The minimum absolute atomic E-state index is 0.0643. The molecule has 4 rings (SSSR count). The summed E-state index contributed by atoms with van der Waals surface area (Å²) < 4.78 is 48.7. The molecule has 148 valence electrons.